The van der Waals surface area contributed by atoms with Crippen molar-refractivity contribution in [3.05, 3.63) is 59.8 Å². The predicted molar refractivity (Wildman–Crippen MR) is 130 cm³/mol. The minimum atomic E-state index is -0.154. The zero-order chi connectivity index (χ0) is 23.2. The summed E-state index contributed by atoms with van der Waals surface area (Å²) in [6, 6.07) is 12.2. The molecule has 0 fully saturated rings. The number of pyridine rings is 1. The van der Waals surface area contributed by atoms with E-state index in [2.05, 4.69) is 76.9 Å². The van der Waals surface area contributed by atoms with Gasteiger partial charge in [0.25, 0.3) is 0 Å². The summed E-state index contributed by atoms with van der Waals surface area (Å²) in [6.45, 7) is 17.3. The molecule has 1 aliphatic rings. The Morgan fingerprint density at radius 3 is 2.03 bits per heavy atom. The fourth-order valence-electron chi connectivity index (χ4n) is 3.68. The summed E-state index contributed by atoms with van der Waals surface area (Å²) in [6.07, 6.45) is 6.44. The van der Waals surface area contributed by atoms with Gasteiger partial charge in [-0.3, -0.25) is 9.78 Å². The highest BCUT2D eigenvalue weighted by molar-refractivity contribution is 5.75. The zero-order valence-electron chi connectivity index (χ0n) is 20.6. The van der Waals surface area contributed by atoms with E-state index in [-0.39, 0.29) is 22.7 Å². The maximum absolute atomic E-state index is 12.5. The van der Waals surface area contributed by atoms with Crippen LogP contribution < -0.4 is 4.74 Å². The van der Waals surface area contributed by atoms with E-state index in [4.69, 9.17) is 4.74 Å². The number of benzene rings is 1. The van der Waals surface area contributed by atoms with Gasteiger partial charge in [-0.1, -0.05) is 91.3 Å². The van der Waals surface area contributed by atoms with Gasteiger partial charge in [0.2, 0.25) is 0 Å². The Morgan fingerprint density at radius 1 is 0.935 bits per heavy atom. The summed E-state index contributed by atoms with van der Waals surface area (Å²) >= 11 is 0. The minimum Gasteiger partial charge on any atom is -0.425 e. The van der Waals surface area contributed by atoms with Gasteiger partial charge in [-0.05, 0) is 47.8 Å². The van der Waals surface area contributed by atoms with Crippen molar-refractivity contribution in [3.63, 3.8) is 0 Å². The van der Waals surface area contributed by atoms with Gasteiger partial charge < -0.3 is 4.74 Å². The number of hydrogen-bond donors (Lipinski definition) is 0. The van der Waals surface area contributed by atoms with E-state index in [1.54, 1.807) is 6.20 Å². The van der Waals surface area contributed by atoms with Crippen LogP contribution in [0.1, 0.15) is 80.2 Å². The molecular weight excluding hydrogens is 382 g/mol. The molecule has 0 amide bonds. The monoisotopic (exact) mass is 421 g/mol. The van der Waals surface area contributed by atoms with Crippen LogP contribution in [-0.2, 0) is 10.2 Å². The lowest BCUT2D eigenvalue weighted by atomic mass is 9.77. The van der Waals surface area contributed by atoms with Gasteiger partial charge >= 0.3 is 5.97 Å². The molecule has 1 aromatic carbocycles. The van der Waals surface area contributed by atoms with Gasteiger partial charge in [-0.25, -0.2) is 0 Å². The lowest BCUT2D eigenvalue weighted by Gasteiger charge is -2.28. The average molecular weight is 422 g/mol. The largest absolute Gasteiger partial charge is 0.425 e. The van der Waals surface area contributed by atoms with Crippen LogP contribution in [0.3, 0.4) is 0 Å². The summed E-state index contributed by atoms with van der Waals surface area (Å²) in [5, 5.41) is 0. The number of rotatable bonds is 3. The van der Waals surface area contributed by atoms with E-state index in [0.29, 0.717) is 5.75 Å². The van der Waals surface area contributed by atoms with E-state index < -0.39 is 0 Å². The molecule has 0 aliphatic heterocycles. The highest BCUT2D eigenvalue weighted by atomic mass is 16.5. The fraction of sp³-hybridized carbons (Fsp3) is 0.500. The third kappa shape index (κ3) is 6.78. The van der Waals surface area contributed by atoms with Crippen molar-refractivity contribution in [2.75, 3.05) is 0 Å². The number of allylic oxidation sites excluding steroid dienone is 2. The molecule has 1 aliphatic carbocycles. The van der Waals surface area contributed by atoms with Crippen molar-refractivity contribution >= 4 is 5.97 Å². The van der Waals surface area contributed by atoms with Crippen LogP contribution >= 0.6 is 0 Å². The molecule has 3 nitrogen and oxygen atoms in total. The number of carbonyl (C=O) groups is 1. The van der Waals surface area contributed by atoms with Crippen LogP contribution in [-0.4, -0.2) is 11.0 Å². The zero-order valence-corrected chi connectivity index (χ0v) is 20.6. The Kier molecular flexibility index (Phi) is 8.22. The first-order valence-electron chi connectivity index (χ1n) is 11.5. The lowest BCUT2D eigenvalue weighted by molar-refractivity contribution is -0.139. The van der Waals surface area contributed by atoms with Gasteiger partial charge in [0, 0.05) is 5.56 Å². The second-order valence-electron chi connectivity index (χ2n) is 10.1. The molecule has 1 unspecified atom stereocenters. The lowest BCUT2D eigenvalue weighted by Crippen LogP contribution is -2.24. The third-order valence-corrected chi connectivity index (χ3v) is 5.71. The first-order valence-corrected chi connectivity index (χ1v) is 11.5. The Bertz CT molecular complexity index is 879. The summed E-state index contributed by atoms with van der Waals surface area (Å²) in [4.78, 5) is 17.0. The van der Waals surface area contributed by atoms with Crippen LogP contribution in [0.25, 0.3) is 11.3 Å². The van der Waals surface area contributed by atoms with Crippen LogP contribution in [0.2, 0.25) is 0 Å². The van der Waals surface area contributed by atoms with Gasteiger partial charge in [-0.15, -0.1) is 0 Å². The molecule has 3 heteroatoms. The number of nitrogens with zero attached hydrogens (tertiary/aromatic N) is 1. The standard InChI is InChI=1S/C26H33NO2.C2H6/c1-25(2,3)20-11-7-18(8-12-20)23-16-15-22(17-27-23)29-24(28)19-9-13-21(14-10-19)26(4,5)6;1-2/h7-8,11-13,15-17,19H,9-10,14H2,1-6H3;1-2H3. The number of hydrogen-bond acceptors (Lipinski definition) is 3. The molecule has 31 heavy (non-hydrogen) atoms. The molecule has 0 saturated heterocycles. The Balaban J connectivity index is 0.00000166. The molecule has 0 saturated carbocycles. The molecule has 0 radical (unpaired) electrons. The molecule has 1 atom stereocenters. The van der Waals surface area contributed by atoms with E-state index in [1.807, 2.05) is 26.0 Å². The van der Waals surface area contributed by atoms with Crippen LogP contribution in [0, 0.1) is 11.3 Å². The second-order valence-corrected chi connectivity index (χ2v) is 10.1. The summed E-state index contributed by atoms with van der Waals surface area (Å²) in [5.74, 6) is 0.291. The summed E-state index contributed by atoms with van der Waals surface area (Å²) in [5.41, 5.74) is 4.97. The molecule has 168 valence electrons. The molecule has 0 bridgehead atoms. The van der Waals surface area contributed by atoms with Gasteiger partial charge in [0.05, 0.1) is 17.8 Å². The van der Waals surface area contributed by atoms with Crippen molar-refractivity contribution in [2.45, 2.75) is 80.1 Å². The highest BCUT2D eigenvalue weighted by Crippen LogP contribution is 2.35. The van der Waals surface area contributed by atoms with Crippen molar-refractivity contribution in [2.24, 2.45) is 11.3 Å². The van der Waals surface area contributed by atoms with E-state index in [9.17, 15) is 4.79 Å². The first kappa shape index (κ1) is 24.8. The van der Waals surface area contributed by atoms with Crippen molar-refractivity contribution in [1.82, 2.24) is 4.98 Å². The van der Waals surface area contributed by atoms with Crippen molar-refractivity contribution in [1.29, 1.82) is 0 Å². The van der Waals surface area contributed by atoms with E-state index in [1.165, 1.54) is 11.1 Å². The van der Waals surface area contributed by atoms with E-state index >= 15 is 0 Å². The molecular formula is C28H39NO2. The van der Waals surface area contributed by atoms with Gasteiger partial charge in [0.1, 0.15) is 5.75 Å². The minimum absolute atomic E-state index is 0.0641. The fourth-order valence-corrected chi connectivity index (χ4v) is 3.68. The maximum Gasteiger partial charge on any atom is 0.314 e. The number of esters is 1. The van der Waals surface area contributed by atoms with Gasteiger partial charge in [0.15, 0.2) is 0 Å². The van der Waals surface area contributed by atoms with E-state index in [0.717, 1.165) is 30.5 Å². The molecule has 3 rings (SSSR count). The van der Waals surface area contributed by atoms with Crippen LogP contribution in [0.15, 0.2) is 54.2 Å². The Hall–Kier alpha value is -2.42. The molecule has 2 aromatic rings. The van der Waals surface area contributed by atoms with Crippen LogP contribution in [0.4, 0.5) is 0 Å². The quantitative estimate of drug-likeness (QED) is 0.375. The number of ether oxygens (including phenoxy) is 1. The normalized spacial score (nSPS) is 16.6. The Morgan fingerprint density at radius 2 is 1.58 bits per heavy atom. The number of carbonyl (C=O) groups excluding carboxylic acids is 1. The highest BCUT2D eigenvalue weighted by Gasteiger charge is 2.27. The molecule has 1 aromatic heterocycles. The average Bonchev–Trinajstić information content (AvgIpc) is 2.75. The van der Waals surface area contributed by atoms with Crippen LogP contribution in [0.5, 0.6) is 5.75 Å². The molecule has 0 N–H and O–H groups in total. The summed E-state index contributed by atoms with van der Waals surface area (Å²) in [7, 11) is 0. The third-order valence-electron chi connectivity index (χ3n) is 5.71. The molecule has 1 heterocycles. The molecule has 0 spiro atoms. The van der Waals surface area contributed by atoms with Crippen molar-refractivity contribution in [3.8, 4) is 17.0 Å². The summed E-state index contributed by atoms with van der Waals surface area (Å²) < 4.78 is 5.60. The SMILES string of the molecule is CC.CC(C)(C)C1=CCC(C(=O)Oc2ccc(-c3ccc(C(C)(C)C)cc3)nc2)CC1. The van der Waals surface area contributed by atoms with Crippen molar-refractivity contribution < 1.29 is 9.53 Å². The number of aromatic nitrogens is 1. The predicted octanol–water partition coefficient (Wildman–Crippen LogP) is 7.75. The second kappa shape index (κ2) is 10.3. The maximum atomic E-state index is 12.5. The first-order chi connectivity index (χ1) is 14.5. The van der Waals surface area contributed by atoms with Gasteiger partial charge in [-0.2, -0.15) is 0 Å². The topological polar surface area (TPSA) is 39.2 Å². The smallest absolute Gasteiger partial charge is 0.314 e. The Labute approximate surface area is 188 Å².